The standard InChI is InChI=1S/C7H9BClNO/c1-4(11)5-2-6(8)7(9)10-3-5/h2-4,11H,8H2,1H3. The SMILES string of the molecule is Bc1cc(C(C)O)cnc1Cl. The third-order valence-electron chi connectivity index (χ3n) is 1.52. The second-order valence-corrected chi connectivity index (χ2v) is 2.91. The van der Waals surface area contributed by atoms with Crippen molar-refractivity contribution >= 4 is 24.9 Å². The van der Waals surface area contributed by atoms with Gasteiger partial charge >= 0.3 is 0 Å². The zero-order valence-electron chi connectivity index (χ0n) is 6.50. The molecule has 0 fully saturated rings. The van der Waals surface area contributed by atoms with Crippen molar-refractivity contribution in [2.45, 2.75) is 13.0 Å². The van der Waals surface area contributed by atoms with E-state index in [0.29, 0.717) is 5.15 Å². The summed E-state index contributed by atoms with van der Waals surface area (Å²) in [5, 5.41) is 9.65. The van der Waals surface area contributed by atoms with Crippen molar-refractivity contribution in [2.24, 2.45) is 0 Å². The monoisotopic (exact) mass is 169 g/mol. The van der Waals surface area contributed by atoms with Crippen molar-refractivity contribution in [2.75, 3.05) is 0 Å². The van der Waals surface area contributed by atoms with Gasteiger partial charge in [-0.15, -0.1) is 0 Å². The van der Waals surface area contributed by atoms with Gasteiger partial charge in [-0.2, -0.15) is 0 Å². The number of aliphatic hydroxyl groups is 1. The summed E-state index contributed by atoms with van der Waals surface area (Å²) >= 11 is 5.69. The number of aliphatic hydroxyl groups excluding tert-OH is 1. The van der Waals surface area contributed by atoms with Gasteiger partial charge in [-0.05, 0) is 12.5 Å². The molecule has 0 bridgehead atoms. The molecule has 0 aliphatic carbocycles. The number of halogens is 1. The van der Waals surface area contributed by atoms with Crippen LogP contribution < -0.4 is 5.46 Å². The third-order valence-corrected chi connectivity index (χ3v) is 1.91. The molecule has 1 N–H and O–H groups in total. The minimum absolute atomic E-state index is 0.474. The van der Waals surface area contributed by atoms with Crippen LogP contribution in [0.25, 0.3) is 0 Å². The van der Waals surface area contributed by atoms with E-state index in [9.17, 15) is 0 Å². The van der Waals surface area contributed by atoms with E-state index < -0.39 is 6.10 Å². The summed E-state index contributed by atoms with van der Waals surface area (Å²) in [6, 6.07) is 1.83. The highest BCUT2D eigenvalue weighted by Crippen LogP contribution is 2.10. The Balaban J connectivity index is 3.05. The molecule has 1 unspecified atom stereocenters. The molecular weight excluding hydrogens is 160 g/mol. The molecule has 1 rings (SSSR count). The van der Waals surface area contributed by atoms with Crippen LogP contribution in [0.3, 0.4) is 0 Å². The highest BCUT2D eigenvalue weighted by molar-refractivity contribution is 6.44. The van der Waals surface area contributed by atoms with Gasteiger partial charge in [0, 0.05) is 6.20 Å². The Hall–Kier alpha value is -0.535. The van der Waals surface area contributed by atoms with E-state index in [0.717, 1.165) is 11.0 Å². The summed E-state index contributed by atoms with van der Waals surface area (Å²) in [7, 11) is 1.86. The molecule has 11 heavy (non-hydrogen) atoms. The fraction of sp³-hybridized carbons (Fsp3) is 0.286. The molecule has 58 valence electrons. The Labute approximate surface area is 71.6 Å². The van der Waals surface area contributed by atoms with Crippen molar-refractivity contribution in [1.82, 2.24) is 4.98 Å². The van der Waals surface area contributed by atoms with Crippen LogP contribution in [0.5, 0.6) is 0 Å². The summed E-state index contributed by atoms with van der Waals surface area (Å²) in [5.41, 5.74) is 1.69. The van der Waals surface area contributed by atoms with Gasteiger partial charge in [0.15, 0.2) is 0 Å². The molecule has 1 aromatic heterocycles. The predicted octanol–water partition coefficient (Wildman–Crippen LogP) is 0.0467. The summed E-state index contributed by atoms with van der Waals surface area (Å²) in [6.07, 6.45) is 1.11. The number of aromatic nitrogens is 1. The molecule has 0 amide bonds. The van der Waals surface area contributed by atoms with Gasteiger partial charge in [0.2, 0.25) is 0 Å². The van der Waals surface area contributed by atoms with Crippen LogP contribution in [0.2, 0.25) is 5.15 Å². The van der Waals surface area contributed by atoms with Crippen LogP contribution in [-0.4, -0.2) is 17.9 Å². The maximum Gasteiger partial charge on any atom is 0.143 e. The fourth-order valence-electron chi connectivity index (χ4n) is 0.808. The first-order chi connectivity index (χ1) is 5.11. The van der Waals surface area contributed by atoms with Gasteiger partial charge in [-0.3, -0.25) is 0 Å². The van der Waals surface area contributed by atoms with E-state index in [1.54, 1.807) is 13.1 Å². The second-order valence-electron chi connectivity index (χ2n) is 2.55. The van der Waals surface area contributed by atoms with Crippen LogP contribution in [0.15, 0.2) is 12.3 Å². The lowest BCUT2D eigenvalue weighted by molar-refractivity contribution is 0.199. The molecule has 1 aromatic rings. The topological polar surface area (TPSA) is 33.1 Å². The quantitative estimate of drug-likeness (QED) is 0.476. The summed E-state index contributed by atoms with van der Waals surface area (Å²) in [6.45, 7) is 1.70. The average Bonchev–Trinajstić information content (AvgIpc) is 1.94. The molecular formula is C7H9BClNO. The molecule has 0 aliphatic heterocycles. The number of nitrogens with zero attached hydrogens (tertiary/aromatic N) is 1. The Bertz CT molecular complexity index is 265. The largest absolute Gasteiger partial charge is 0.389 e. The van der Waals surface area contributed by atoms with Crippen LogP contribution >= 0.6 is 11.6 Å². The Morgan fingerprint density at radius 1 is 1.73 bits per heavy atom. The van der Waals surface area contributed by atoms with Crippen LogP contribution in [0.4, 0.5) is 0 Å². The highest BCUT2D eigenvalue weighted by Gasteiger charge is 2.02. The summed E-state index contributed by atoms with van der Waals surface area (Å²) in [4.78, 5) is 3.91. The lowest BCUT2D eigenvalue weighted by atomic mass is 9.96. The lowest BCUT2D eigenvalue weighted by Gasteiger charge is -2.04. The van der Waals surface area contributed by atoms with E-state index >= 15 is 0 Å². The summed E-state index contributed by atoms with van der Waals surface area (Å²) in [5.74, 6) is 0. The second kappa shape index (κ2) is 3.24. The van der Waals surface area contributed by atoms with Crippen molar-refractivity contribution in [3.05, 3.63) is 23.0 Å². The molecule has 0 aliphatic rings. The first-order valence-corrected chi connectivity index (χ1v) is 3.79. The normalized spacial score (nSPS) is 13.0. The van der Waals surface area contributed by atoms with Crippen LogP contribution in [0, 0.1) is 0 Å². The lowest BCUT2D eigenvalue weighted by Crippen LogP contribution is -2.08. The number of rotatable bonds is 1. The Morgan fingerprint density at radius 3 is 2.82 bits per heavy atom. The van der Waals surface area contributed by atoms with E-state index in [-0.39, 0.29) is 0 Å². The van der Waals surface area contributed by atoms with E-state index in [2.05, 4.69) is 4.98 Å². The van der Waals surface area contributed by atoms with Gasteiger partial charge in [-0.25, -0.2) is 4.98 Å². The highest BCUT2D eigenvalue weighted by atomic mass is 35.5. The number of hydrogen-bond donors (Lipinski definition) is 1. The van der Waals surface area contributed by atoms with Crippen molar-refractivity contribution in [1.29, 1.82) is 0 Å². The number of hydrogen-bond acceptors (Lipinski definition) is 2. The maximum absolute atomic E-state index is 9.16. The first kappa shape index (κ1) is 8.56. The first-order valence-electron chi connectivity index (χ1n) is 3.41. The minimum Gasteiger partial charge on any atom is -0.389 e. The fourth-order valence-corrected chi connectivity index (χ4v) is 0.912. The Kier molecular flexibility index (Phi) is 2.52. The molecule has 1 heterocycles. The van der Waals surface area contributed by atoms with Gasteiger partial charge < -0.3 is 5.11 Å². The third kappa shape index (κ3) is 1.95. The predicted molar refractivity (Wildman–Crippen MR) is 48.1 cm³/mol. The number of pyridine rings is 1. The molecule has 0 radical (unpaired) electrons. The summed E-state index contributed by atoms with van der Waals surface area (Å²) < 4.78 is 0. The van der Waals surface area contributed by atoms with Crippen molar-refractivity contribution in [3.8, 4) is 0 Å². The molecule has 2 nitrogen and oxygen atoms in total. The van der Waals surface area contributed by atoms with Crippen molar-refractivity contribution < 1.29 is 5.11 Å². The maximum atomic E-state index is 9.16. The Morgan fingerprint density at radius 2 is 2.36 bits per heavy atom. The van der Waals surface area contributed by atoms with Gasteiger partial charge in [0.25, 0.3) is 0 Å². The van der Waals surface area contributed by atoms with Gasteiger partial charge in [0.1, 0.15) is 13.0 Å². The van der Waals surface area contributed by atoms with E-state index in [1.807, 2.05) is 13.9 Å². The molecule has 0 saturated carbocycles. The smallest absolute Gasteiger partial charge is 0.143 e. The zero-order chi connectivity index (χ0) is 8.43. The van der Waals surface area contributed by atoms with Crippen molar-refractivity contribution in [3.63, 3.8) is 0 Å². The molecule has 1 atom stereocenters. The molecule has 0 spiro atoms. The van der Waals surface area contributed by atoms with E-state index in [1.165, 1.54) is 0 Å². The van der Waals surface area contributed by atoms with Gasteiger partial charge in [-0.1, -0.05) is 23.1 Å². The average molecular weight is 169 g/mol. The molecule has 4 heteroatoms. The van der Waals surface area contributed by atoms with Crippen LogP contribution in [-0.2, 0) is 0 Å². The molecule has 0 aromatic carbocycles. The van der Waals surface area contributed by atoms with E-state index in [4.69, 9.17) is 16.7 Å². The molecule has 0 saturated heterocycles. The van der Waals surface area contributed by atoms with Crippen LogP contribution in [0.1, 0.15) is 18.6 Å². The minimum atomic E-state index is -0.474. The van der Waals surface area contributed by atoms with Gasteiger partial charge in [0.05, 0.1) is 6.10 Å². The zero-order valence-corrected chi connectivity index (χ0v) is 7.26.